The van der Waals surface area contributed by atoms with Crippen LogP contribution in [-0.4, -0.2) is 70.9 Å². The fraction of sp³-hybridized carbons (Fsp3) is 0.526. The molecular formula is C19H25FN8O5. The molecule has 3 aromatic rings. The maximum atomic E-state index is 13.9. The van der Waals surface area contributed by atoms with E-state index in [-0.39, 0.29) is 43.6 Å². The molecule has 2 fully saturated rings. The molecule has 14 heteroatoms. The Morgan fingerprint density at radius 3 is 2.55 bits per heavy atom. The van der Waals surface area contributed by atoms with Crippen LogP contribution in [0.3, 0.4) is 0 Å². The van der Waals surface area contributed by atoms with Crippen LogP contribution < -0.4 is 17.2 Å². The number of aliphatic hydroxyl groups excluding tert-OH is 2. The van der Waals surface area contributed by atoms with Crippen molar-refractivity contribution >= 4 is 22.8 Å². The number of halogens is 1. The Morgan fingerprint density at radius 2 is 1.88 bits per heavy atom. The van der Waals surface area contributed by atoms with Gasteiger partial charge in [-0.1, -0.05) is 0 Å². The maximum Gasteiger partial charge on any atom is 0.351 e. The van der Waals surface area contributed by atoms with Gasteiger partial charge in [-0.05, 0) is 18.9 Å². The summed E-state index contributed by atoms with van der Waals surface area (Å²) in [6, 6.07) is 1.55. The number of alkyl halides is 1. The van der Waals surface area contributed by atoms with E-state index in [0.717, 1.165) is 6.42 Å². The predicted molar refractivity (Wildman–Crippen MR) is 113 cm³/mol. The first-order chi connectivity index (χ1) is 15.9. The molecule has 3 aromatic heterocycles. The molecule has 0 bridgehead atoms. The monoisotopic (exact) mass is 464 g/mol. The Hall–Kier alpha value is -3.20. The molecule has 0 aliphatic carbocycles. The summed E-state index contributed by atoms with van der Waals surface area (Å²) in [5.41, 5.74) is 11.5. The molecule has 2 aliphatic rings. The number of nitrogens with two attached hydrogens (primary N) is 2. The van der Waals surface area contributed by atoms with Gasteiger partial charge in [0, 0.05) is 12.6 Å². The first-order valence-corrected chi connectivity index (χ1v) is 10.4. The number of hydrogen-bond donors (Lipinski definition) is 4. The Morgan fingerprint density at radius 1 is 1.09 bits per heavy atom. The van der Waals surface area contributed by atoms with E-state index in [0.29, 0.717) is 17.6 Å². The molecule has 0 aromatic carbocycles. The van der Waals surface area contributed by atoms with E-state index in [1.54, 1.807) is 12.3 Å². The number of imidazole rings is 1. The SMILES string of the molecule is Nc1ccn([C@H]2CC[C@@H](CO)O2)c(=O)n1.Nc1ncnc2c1ncn2[C@@H]1O[C@H](CO)C[C@@H]1F. The second-order valence-electron chi connectivity index (χ2n) is 7.68. The van der Waals surface area contributed by atoms with E-state index >= 15 is 0 Å². The summed E-state index contributed by atoms with van der Waals surface area (Å²) in [6.45, 7) is -0.228. The van der Waals surface area contributed by atoms with Crippen molar-refractivity contribution in [2.24, 2.45) is 0 Å². The zero-order valence-electron chi connectivity index (χ0n) is 17.6. The van der Waals surface area contributed by atoms with Gasteiger partial charge in [0.2, 0.25) is 0 Å². The van der Waals surface area contributed by atoms with Gasteiger partial charge in [-0.3, -0.25) is 9.13 Å². The normalized spacial score (nSPS) is 26.9. The lowest BCUT2D eigenvalue weighted by atomic mass is 10.2. The lowest BCUT2D eigenvalue weighted by molar-refractivity contribution is -0.0351. The van der Waals surface area contributed by atoms with Gasteiger partial charge < -0.3 is 31.2 Å². The van der Waals surface area contributed by atoms with Crippen LogP contribution in [0.25, 0.3) is 11.2 Å². The third-order valence-electron chi connectivity index (χ3n) is 5.44. The number of rotatable bonds is 4. The number of anilines is 2. The van der Waals surface area contributed by atoms with Crippen LogP contribution in [0.1, 0.15) is 31.7 Å². The molecule has 2 saturated heterocycles. The van der Waals surface area contributed by atoms with Gasteiger partial charge in [0.1, 0.15) is 30.1 Å². The van der Waals surface area contributed by atoms with Gasteiger partial charge in [0.15, 0.2) is 17.7 Å². The predicted octanol–water partition coefficient (Wildman–Crippen LogP) is -0.478. The minimum atomic E-state index is -1.21. The van der Waals surface area contributed by atoms with Crippen molar-refractivity contribution < 1.29 is 24.1 Å². The number of nitrogens with zero attached hydrogens (tertiary/aromatic N) is 6. The summed E-state index contributed by atoms with van der Waals surface area (Å²) in [4.78, 5) is 27.0. The quantitative estimate of drug-likeness (QED) is 0.390. The van der Waals surface area contributed by atoms with E-state index in [1.807, 2.05) is 0 Å². The summed E-state index contributed by atoms with van der Waals surface area (Å²) < 4.78 is 27.6. The Bertz CT molecular complexity index is 1160. The van der Waals surface area contributed by atoms with Crippen molar-refractivity contribution in [2.75, 3.05) is 24.7 Å². The van der Waals surface area contributed by atoms with Crippen LogP contribution in [0.4, 0.5) is 16.0 Å². The smallest absolute Gasteiger partial charge is 0.351 e. The third kappa shape index (κ3) is 4.78. The Kier molecular flexibility index (Phi) is 6.78. The van der Waals surface area contributed by atoms with Gasteiger partial charge in [-0.2, -0.15) is 4.98 Å². The highest BCUT2D eigenvalue weighted by Gasteiger charge is 2.37. The lowest BCUT2D eigenvalue weighted by Gasteiger charge is -2.15. The van der Waals surface area contributed by atoms with E-state index in [1.165, 1.54) is 21.8 Å². The molecule has 5 rings (SSSR count). The third-order valence-corrected chi connectivity index (χ3v) is 5.44. The lowest BCUT2D eigenvalue weighted by Crippen LogP contribution is -2.27. The van der Waals surface area contributed by atoms with Gasteiger partial charge >= 0.3 is 5.69 Å². The van der Waals surface area contributed by atoms with Gasteiger partial charge in [0.25, 0.3) is 0 Å². The van der Waals surface area contributed by atoms with Crippen LogP contribution in [0.15, 0.2) is 29.7 Å². The second-order valence-corrected chi connectivity index (χ2v) is 7.68. The van der Waals surface area contributed by atoms with Crippen LogP contribution >= 0.6 is 0 Å². The van der Waals surface area contributed by atoms with Crippen molar-refractivity contribution in [1.82, 2.24) is 29.1 Å². The molecule has 178 valence electrons. The molecule has 2 aliphatic heterocycles. The fourth-order valence-corrected chi connectivity index (χ4v) is 3.79. The van der Waals surface area contributed by atoms with E-state index in [2.05, 4.69) is 19.9 Å². The van der Waals surface area contributed by atoms with E-state index in [9.17, 15) is 9.18 Å². The molecule has 0 spiro atoms. The van der Waals surface area contributed by atoms with Crippen molar-refractivity contribution in [1.29, 1.82) is 0 Å². The molecule has 0 unspecified atom stereocenters. The highest BCUT2D eigenvalue weighted by Crippen LogP contribution is 2.33. The van der Waals surface area contributed by atoms with Crippen LogP contribution in [0, 0.1) is 0 Å². The average molecular weight is 464 g/mol. The Labute approximate surface area is 186 Å². The van der Waals surface area contributed by atoms with E-state index in [4.69, 9.17) is 31.2 Å². The zero-order valence-corrected chi connectivity index (χ0v) is 17.6. The standard InChI is InChI=1S/C10H12FN5O2.C9H13N3O3/c11-6-1-5(2-17)18-10(6)16-4-15-7-8(12)13-3-14-9(7)16;10-7-3-4-12(9(14)11-7)8-2-1-6(5-13)15-8/h3-6,10,17H,1-2H2,(H2,12,13,14);3-4,6,8,13H,1-2,5H2,(H2,10,11,14)/t5-,6-,10+;6-,8+/m00/s1. The number of nitrogen functional groups attached to an aromatic ring is 2. The summed E-state index contributed by atoms with van der Waals surface area (Å²) in [7, 11) is 0. The van der Waals surface area contributed by atoms with Gasteiger partial charge in [0.05, 0.1) is 31.7 Å². The second kappa shape index (κ2) is 9.74. The summed E-state index contributed by atoms with van der Waals surface area (Å²) >= 11 is 0. The molecular weight excluding hydrogens is 439 g/mol. The van der Waals surface area contributed by atoms with Crippen LogP contribution in [-0.2, 0) is 9.47 Å². The zero-order chi connectivity index (χ0) is 23.5. The number of aromatic nitrogens is 6. The molecule has 33 heavy (non-hydrogen) atoms. The molecule has 5 atom stereocenters. The molecule has 13 nitrogen and oxygen atoms in total. The fourth-order valence-electron chi connectivity index (χ4n) is 3.79. The van der Waals surface area contributed by atoms with Crippen molar-refractivity contribution in [3.63, 3.8) is 0 Å². The van der Waals surface area contributed by atoms with Crippen molar-refractivity contribution in [3.8, 4) is 0 Å². The van der Waals surface area contributed by atoms with Crippen molar-refractivity contribution in [3.05, 3.63) is 35.4 Å². The van der Waals surface area contributed by atoms with Gasteiger partial charge in [-0.15, -0.1) is 0 Å². The van der Waals surface area contributed by atoms with Crippen LogP contribution in [0.2, 0.25) is 0 Å². The van der Waals surface area contributed by atoms with Crippen molar-refractivity contribution in [2.45, 2.75) is 50.1 Å². The number of aliphatic hydroxyl groups is 2. The molecule has 6 N–H and O–H groups in total. The highest BCUT2D eigenvalue weighted by molar-refractivity contribution is 5.81. The van der Waals surface area contributed by atoms with Crippen LogP contribution in [0.5, 0.6) is 0 Å². The number of ether oxygens (including phenoxy) is 2. The summed E-state index contributed by atoms with van der Waals surface area (Å²) in [6.07, 6.45) is 2.83. The minimum Gasteiger partial charge on any atom is -0.394 e. The van der Waals surface area contributed by atoms with Gasteiger partial charge in [-0.25, -0.2) is 24.1 Å². The molecule has 0 amide bonds. The first-order valence-electron chi connectivity index (χ1n) is 10.4. The average Bonchev–Trinajstić information content (AvgIpc) is 3.52. The highest BCUT2D eigenvalue weighted by atomic mass is 19.1. The summed E-state index contributed by atoms with van der Waals surface area (Å²) in [5, 5.41) is 17.9. The molecule has 0 radical (unpaired) electrons. The first kappa shape index (κ1) is 23.0. The Balaban J connectivity index is 0.000000160. The number of fused-ring (bicyclic) bond motifs is 1. The topological polar surface area (TPSA) is 189 Å². The minimum absolute atomic E-state index is 0.0202. The largest absolute Gasteiger partial charge is 0.394 e. The maximum absolute atomic E-state index is 13.9. The molecule has 5 heterocycles. The number of hydrogen-bond acceptors (Lipinski definition) is 11. The molecule has 0 saturated carbocycles. The summed E-state index contributed by atoms with van der Waals surface area (Å²) in [5.74, 6) is 0.443. The van der Waals surface area contributed by atoms with E-state index < -0.39 is 24.2 Å².